The topological polar surface area (TPSA) is 59.9 Å². The molecular formula is C24H19IN2O3S. The predicted molar refractivity (Wildman–Crippen MR) is 133 cm³/mol. The number of halogens is 1. The summed E-state index contributed by atoms with van der Waals surface area (Å²) in [5.41, 5.74) is 4.44. The molecule has 1 N–H and O–H groups in total. The first-order valence-electron chi connectivity index (χ1n) is 9.49. The Kier molecular flexibility index (Phi) is 6.83. The zero-order chi connectivity index (χ0) is 21.6. The number of hydrogen-bond donors (Lipinski definition) is 1. The Hall–Kier alpha value is -2.91. The average molecular weight is 542 g/mol. The number of hydrazone groups is 1. The molecule has 1 heterocycles. The van der Waals surface area contributed by atoms with Gasteiger partial charge in [-0.15, -0.1) is 11.3 Å². The molecule has 7 heteroatoms. The highest BCUT2D eigenvalue weighted by Gasteiger charge is 2.12. The van der Waals surface area contributed by atoms with Gasteiger partial charge in [0.1, 0.15) is 6.61 Å². The molecule has 0 aliphatic rings. The summed E-state index contributed by atoms with van der Waals surface area (Å²) in [4.78, 5) is 12.6. The summed E-state index contributed by atoms with van der Waals surface area (Å²) in [6.07, 6.45) is 1.59. The van der Waals surface area contributed by atoms with E-state index >= 15 is 0 Å². The van der Waals surface area contributed by atoms with Crippen molar-refractivity contribution in [3.63, 3.8) is 0 Å². The van der Waals surface area contributed by atoms with Gasteiger partial charge >= 0.3 is 0 Å². The molecule has 156 valence electrons. The lowest BCUT2D eigenvalue weighted by Crippen LogP contribution is -2.16. The average Bonchev–Trinajstić information content (AvgIpc) is 3.33. The number of nitrogens with one attached hydrogen (secondary N) is 1. The van der Waals surface area contributed by atoms with Gasteiger partial charge in [0.25, 0.3) is 5.91 Å². The Morgan fingerprint density at radius 2 is 1.97 bits per heavy atom. The highest BCUT2D eigenvalue weighted by Crippen LogP contribution is 2.34. The van der Waals surface area contributed by atoms with Crippen molar-refractivity contribution < 1.29 is 14.3 Å². The van der Waals surface area contributed by atoms with Crippen LogP contribution in [0.1, 0.15) is 20.8 Å². The van der Waals surface area contributed by atoms with Gasteiger partial charge in [0.05, 0.1) is 21.8 Å². The smallest absolute Gasteiger partial charge is 0.281 e. The zero-order valence-electron chi connectivity index (χ0n) is 16.7. The van der Waals surface area contributed by atoms with Gasteiger partial charge in [0.15, 0.2) is 11.5 Å². The maximum absolute atomic E-state index is 12.0. The van der Waals surface area contributed by atoms with Crippen LogP contribution in [-0.4, -0.2) is 19.2 Å². The van der Waals surface area contributed by atoms with Crippen LogP contribution >= 0.6 is 33.9 Å². The fraction of sp³-hybridized carbons (Fsp3) is 0.0833. The molecule has 0 saturated carbocycles. The van der Waals surface area contributed by atoms with E-state index in [0.717, 1.165) is 14.7 Å². The normalized spacial score (nSPS) is 11.0. The Balaban J connectivity index is 1.50. The Morgan fingerprint density at radius 1 is 1.13 bits per heavy atom. The predicted octanol–water partition coefficient (Wildman–Crippen LogP) is 5.86. The van der Waals surface area contributed by atoms with E-state index in [1.165, 1.54) is 22.1 Å². The summed E-state index contributed by atoms with van der Waals surface area (Å²) in [7, 11) is 1.61. The van der Waals surface area contributed by atoms with Crippen molar-refractivity contribution in [3.8, 4) is 11.5 Å². The molecule has 0 radical (unpaired) electrons. The molecule has 1 aromatic heterocycles. The van der Waals surface area contributed by atoms with Gasteiger partial charge in [-0.3, -0.25) is 4.79 Å². The number of amides is 1. The van der Waals surface area contributed by atoms with Gasteiger partial charge in [-0.2, -0.15) is 5.10 Å². The van der Waals surface area contributed by atoms with Crippen LogP contribution in [-0.2, 0) is 6.61 Å². The second-order valence-electron chi connectivity index (χ2n) is 6.64. The van der Waals surface area contributed by atoms with Gasteiger partial charge in [0, 0.05) is 0 Å². The molecular weight excluding hydrogens is 523 g/mol. The van der Waals surface area contributed by atoms with Crippen LogP contribution in [0.5, 0.6) is 11.5 Å². The van der Waals surface area contributed by atoms with Crippen LogP contribution in [0.15, 0.2) is 77.2 Å². The van der Waals surface area contributed by atoms with Crippen molar-refractivity contribution in [2.24, 2.45) is 5.10 Å². The minimum atomic E-state index is -0.233. The fourth-order valence-electron chi connectivity index (χ4n) is 3.15. The summed E-state index contributed by atoms with van der Waals surface area (Å²) in [5.74, 6) is 1.05. The first kappa shape index (κ1) is 21.3. The molecule has 0 atom stereocenters. The monoisotopic (exact) mass is 542 g/mol. The van der Waals surface area contributed by atoms with Gasteiger partial charge in [-0.05, 0) is 68.1 Å². The van der Waals surface area contributed by atoms with Gasteiger partial charge < -0.3 is 9.47 Å². The van der Waals surface area contributed by atoms with Crippen molar-refractivity contribution in [1.82, 2.24) is 5.43 Å². The lowest BCUT2D eigenvalue weighted by molar-refractivity contribution is 0.0959. The second kappa shape index (κ2) is 9.93. The summed E-state index contributed by atoms with van der Waals surface area (Å²) >= 11 is 3.59. The Bertz CT molecular complexity index is 1230. The molecule has 5 nitrogen and oxygen atoms in total. The summed E-state index contributed by atoms with van der Waals surface area (Å²) in [6, 6.07) is 21.8. The second-order valence-corrected chi connectivity index (χ2v) is 8.75. The third-order valence-corrected chi connectivity index (χ3v) is 6.30. The molecule has 3 aromatic carbocycles. The van der Waals surface area contributed by atoms with Crippen molar-refractivity contribution in [2.75, 3.05) is 7.11 Å². The van der Waals surface area contributed by atoms with Crippen LogP contribution in [0.3, 0.4) is 0 Å². The largest absolute Gasteiger partial charge is 0.493 e. The van der Waals surface area contributed by atoms with E-state index in [-0.39, 0.29) is 5.91 Å². The molecule has 31 heavy (non-hydrogen) atoms. The van der Waals surface area contributed by atoms with Crippen molar-refractivity contribution in [1.29, 1.82) is 0 Å². The number of methoxy groups -OCH3 is 1. The molecule has 0 aliphatic heterocycles. The number of carbonyl (C=O) groups is 1. The lowest BCUT2D eigenvalue weighted by atomic mass is 10.1. The standard InChI is InChI=1S/C24H19IN2O3S/c1-29-21-13-16(14-26-27-24(28)22-10-5-11-31-22)12-20(25)23(21)30-15-18-8-4-7-17-6-2-3-9-19(17)18/h2-14H,15H2,1H3,(H,27,28)/b26-14+. The maximum Gasteiger partial charge on any atom is 0.281 e. The van der Waals surface area contributed by atoms with E-state index in [2.05, 4.69) is 57.4 Å². The van der Waals surface area contributed by atoms with E-state index < -0.39 is 0 Å². The molecule has 0 unspecified atom stereocenters. The van der Waals surface area contributed by atoms with Gasteiger partial charge in [-0.1, -0.05) is 48.5 Å². The van der Waals surface area contributed by atoms with Gasteiger partial charge in [-0.25, -0.2) is 5.43 Å². The van der Waals surface area contributed by atoms with Crippen molar-refractivity contribution in [2.45, 2.75) is 6.61 Å². The van der Waals surface area contributed by atoms with E-state index in [9.17, 15) is 4.79 Å². The van der Waals surface area contributed by atoms with E-state index in [4.69, 9.17) is 9.47 Å². The lowest BCUT2D eigenvalue weighted by Gasteiger charge is -2.14. The third kappa shape index (κ3) is 5.05. The maximum atomic E-state index is 12.0. The molecule has 0 aliphatic carbocycles. The number of rotatable bonds is 7. The first-order chi connectivity index (χ1) is 15.2. The Labute approximate surface area is 197 Å². The van der Waals surface area contributed by atoms with Crippen LogP contribution in [0.2, 0.25) is 0 Å². The first-order valence-corrected chi connectivity index (χ1v) is 11.5. The van der Waals surface area contributed by atoms with Crippen LogP contribution < -0.4 is 14.9 Å². The molecule has 0 spiro atoms. The quantitative estimate of drug-likeness (QED) is 0.181. The Morgan fingerprint density at radius 3 is 2.77 bits per heavy atom. The van der Waals surface area contributed by atoms with Gasteiger partial charge in [0.2, 0.25) is 0 Å². The SMILES string of the molecule is COc1cc(/C=N/NC(=O)c2cccs2)cc(I)c1OCc1cccc2ccccc12. The number of benzene rings is 3. The number of carbonyl (C=O) groups excluding carboxylic acids is 1. The van der Waals surface area contributed by atoms with E-state index in [1.54, 1.807) is 19.4 Å². The van der Waals surface area contributed by atoms with Crippen LogP contribution in [0.25, 0.3) is 10.8 Å². The number of nitrogens with zero attached hydrogens (tertiary/aromatic N) is 1. The van der Waals surface area contributed by atoms with Crippen molar-refractivity contribution in [3.05, 3.63) is 91.7 Å². The fourth-order valence-corrected chi connectivity index (χ4v) is 4.55. The highest BCUT2D eigenvalue weighted by atomic mass is 127. The minimum Gasteiger partial charge on any atom is -0.493 e. The highest BCUT2D eigenvalue weighted by molar-refractivity contribution is 14.1. The zero-order valence-corrected chi connectivity index (χ0v) is 19.6. The minimum absolute atomic E-state index is 0.233. The van der Waals surface area contributed by atoms with Crippen LogP contribution in [0.4, 0.5) is 0 Å². The summed E-state index contributed by atoms with van der Waals surface area (Å²) < 4.78 is 12.6. The summed E-state index contributed by atoms with van der Waals surface area (Å²) in [5, 5.41) is 8.26. The number of fused-ring (bicyclic) bond motifs is 1. The third-order valence-electron chi connectivity index (χ3n) is 4.63. The number of hydrogen-bond acceptors (Lipinski definition) is 5. The summed E-state index contributed by atoms with van der Waals surface area (Å²) in [6.45, 7) is 0.429. The van der Waals surface area contributed by atoms with E-state index in [1.807, 2.05) is 41.8 Å². The van der Waals surface area contributed by atoms with E-state index in [0.29, 0.717) is 23.0 Å². The van der Waals surface area contributed by atoms with Crippen molar-refractivity contribution >= 4 is 56.8 Å². The number of thiophene rings is 1. The molecule has 4 aromatic rings. The molecule has 0 fully saturated rings. The molecule has 0 bridgehead atoms. The van der Waals surface area contributed by atoms with Crippen LogP contribution in [0, 0.1) is 3.57 Å². The molecule has 1 amide bonds. The number of ether oxygens (including phenoxy) is 2. The molecule has 4 rings (SSSR count). The molecule has 0 saturated heterocycles.